The number of nitrogens with zero attached hydrogens (tertiary/aromatic N) is 1. The topological polar surface area (TPSA) is 74.8 Å². The molecule has 1 amide bonds. The number of hydrogen-bond acceptors (Lipinski definition) is 3. The molecule has 7 heteroatoms. The summed E-state index contributed by atoms with van der Waals surface area (Å²) in [6.45, 7) is 5.92. The van der Waals surface area contributed by atoms with Crippen molar-refractivity contribution in [3.8, 4) is 5.75 Å². The lowest BCUT2D eigenvalue weighted by Crippen LogP contribution is -2.38. The minimum atomic E-state index is -0.0565. The average molecular weight is 510 g/mol. The Morgan fingerprint density at radius 2 is 1.90 bits per heavy atom. The van der Waals surface area contributed by atoms with Gasteiger partial charge in [0.05, 0.1) is 7.11 Å². The molecule has 0 fully saturated rings. The molecule has 2 aromatic rings. The van der Waals surface area contributed by atoms with Crippen molar-refractivity contribution in [2.24, 2.45) is 4.99 Å². The van der Waals surface area contributed by atoms with Crippen LogP contribution >= 0.6 is 24.0 Å². The number of guanidine groups is 1. The highest BCUT2D eigenvalue weighted by molar-refractivity contribution is 14.0. The Labute approximate surface area is 190 Å². The minimum Gasteiger partial charge on any atom is -0.496 e. The summed E-state index contributed by atoms with van der Waals surface area (Å²) in [7, 11) is 3.44. The van der Waals surface area contributed by atoms with E-state index in [0.29, 0.717) is 18.7 Å². The van der Waals surface area contributed by atoms with Crippen molar-refractivity contribution in [1.82, 2.24) is 16.0 Å². The summed E-state index contributed by atoms with van der Waals surface area (Å²) in [5.74, 6) is 1.56. The smallest absolute Gasteiger partial charge is 0.251 e. The molecule has 0 spiro atoms. The maximum atomic E-state index is 12.0. The van der Waals surface area contributed by atoms with Crippen LogP contribution in [0.15, 0.2) is 47.5 Å². The molecule has 0 atom stereocenters. The first-order valence-corrected chi connectivity index (χ1v) is 9.52. The van der Waals surface area contributed by atoms with Crippen LogP contribution in [0.1, 0.15) is 34.0 Å². The fourth-order valence-electron chi connectivity index (χ4n) is 2.91. The number of methoxy groups -OCH3 is 1. The maximum Gasteiger partial charge on any atom is 0.251 e. The van der Waals surface area contributed by atoms with E-state index in [9.17, 15) is 4.79 Å². The van der Waals surface area contributed by atoms with Crippen molar-refractivity contribution in [3.05, 3.63) is 64.7 Å². The van der Waals surface area contributed by atoms with Crippen molar-refractivity contribution < 1.29 is 9.53 Å². The predicted molar refractivity (Wildman–Crippen MR) is 130 cm³/mol. The van der Waals surface area contributed by atoms with Crippen LogP contribution < -0.4 is 20.7 Å². The summed E-state index contributed by atoms with van der Waals surface area (Å²) in [6, 6.07) is 13.8. The number of aryl methyl sites for hydroxylation is 1. The van der Waals surface area contributed by atoms with Crippen LogP contribution in [0.4, 0.5) is 0 Å². The normalized spacial score (nSPS) is 10.7. The standard InChI is InChI=1S/C22H30N4O2.HI/c1-5-24-21(27)19-8-6-7-17(14-19)15-26-22(23-3)25-12-11-18-13-16(2)9-10-20(18)28-4;/h6-10,13-14H,5,11-12,15H2,1-4H3,(H,24,27)(H2,23,25,26);1H. The molecule has 0 bridgehead atoms. The van der Waals surface area contributed by atoms with Crippen LogP contribution in [0.25, 0.3) is 0 Å². The van der Waals surface area contributed by atoms with Crippen LogP contribution in [0, 0.1) is 6.92 Å². The number of aliphatic imine (C=N–C) groups is 1. The highest BCUT2D eigenvalue weighted by Gasteiger charge is 2.06. The van der Waals surface area contributed by atoms with E-state index < -0.39 is 0 Å². The van der Waals surface area contributed by atoms with E-state index in [-0.39, 0.29) is 29.9 Å². The van der Waals surface area contributed by atoms with Gasteiger partial charge in [-0.3, -0.25) is 9.79 Å². The van der Waals surface area contributed by atoms with Crippen molar-refractivity contribution in [2.45, 2.75) is 26.8 Å². The number of amides is 1. The van der Waals surface area contributed by atoms with Crippen molar-refractivity contribution in [1.29, 1.82) is 0 Å². The average Bonchev–Trinajstić information content (AvgIpc) is 2.71. The first-order valence-electron chi connectivity index (χ1n) is 9.52. The van der Waals surface area contributed by atoms with E-state index in [2.05, 4.69) is 33.9 Å². The van der Waals surface area contributed by atoms with E-state index in [1.54, 1.807) is 14.2 Å². The Balaban J connectivity index is 0.00000420. The van der Waals surface area contributed by atoms with Crippen LogP contribution in [0.5, 0.6) is 5.75 Å². The van der Waals surface area contributed by atoms with Crippen molar-refractivity contribution in [3.63, 3.8) is 0 Å². The highest BCUT2D eigenvalue weighted by atomic mass is 127. The van der Waals surface area contributed by atoms with Crippen LogP contribution in [-0.4, -0.2) is 39.1 Å². The van der Waals surface area contributed by atoms with Gasteiger partial charge in [0.2, 0.25) is 0 Å². The van der Waals surface area contributed by atoms with E-state index >= 15 is 0 Å². The maximum absolute atomic E-state index is 12.0. The Kier molecular flexibility index (Phi) is 11.1. The van der Waals surface area contributed by atoms with Crippen molar-refractivity contribution in [2.75, 3.05) is 27.2 Å². The molecule has 0 aliphatic carbocycles. The third-order valence-electron chi connectivity index (χ3n) is 4.33. The zero-order chi connectivity index (χ0) is 20.4. The molecule has 0 saturated carbocycles. The molecule has 0 unspecified atom stereocenters. The van der Waals surface area contributed by atoms with E-state index in [4.69, 9.17) is 4.74 Å². The van der Waals surface area contributed by atoms with Gasteiger partial charge >= 0.3 is 0 Å². The molecule has 0 radical (unpaired) electrons. The van der Waals surface area contributed by atoms with Gasteiger partial charge in [-0.2, -0.15) is 0 Å². The lowest BCUT2D eigenvalue weighted by molar-refractivity contribution is 0.0955. The van der Waals surface area contributed by atoms with Gasteiger partial charge in [-0.25, -0.2) is 0 Å². The fourth-order valence-corrected chi connectivity index (χ4v) is 2.91. The molecular formula is C22H31IN4O2. The second-order valence-electron chi connectivity index (χ2n) is 6.48. The number of carbonyl (C=O) groups excluding carboxylic acids is 1. The molecule has 2 rings (SSSR count). The van der Waals surface area contributed by atoms with Crippen molar-refractivity contribution >= 4 is 35.8 Å². The second-order valence-corrected chi connectivity index (χ2v) is 6.48. The Bertz CT molecular complexity index is 824. The van der Waals surface area contributed by atoms with Crippen LogP contribution in [0.3, 0.4) is 0 Å². The van der Waals surface area contributed by atoms with E-state index in [1.165, 1.54) is 11.1 Å². The minimum absolute atomic E-state index is 0. The number of halogens is 1. The van der Waals surface area contributed by atoms with Gasteiger partial charge in [0, 0.05) is 32.2 Å². The number of ether oxygens (including phenoxy) is 1. The monoisotopic (exact) mass is 510 g/mol. The molecule has 0 saturated heterocycles. The lowest BCUT2D eigenvalue weighted by atomic mass is 10.1. The Hall–Kier alpha value is -2.29. The molecule has 158 valence electrons. The number of nitrogens with one attached hydrogen (secondary N) is 3. The summed E-state index contributed by atoms with van der Waals surface area (Å²) in [5, 5.41) is 9.42. The number of rotatable bonds is 8. The molecule has 2 aromatic carbocycles. The Morgan fingerprint density at radius 1 is 1.10 bits per heavy atom. The first kappa shape index (κ1) is 24.7. The fraction of sp³-hybridized carbons (Fsp3) is 0.364. The molecule has 0 aliphatic heterocycles. The van der Waals surface area contributed by atoms with E-state index in [1.807, 2.05) is 43.3 Å². The highest BCUT2D eigenvalue weighted by Crippen LogP contribution is 2.19. The van der Waals surface area contributed by atoms with Gasteiger partial charge in [-0.05, 0) is 49.6 Å². The summed E-state index contributed by atoms with van der Waals surface area (Å²) in [6.07, 6.45) is 0.832. The SMILES string of the molecule is CCNC(=O)c1cccc(CNC(=NC)NCCc2cc(C)ccc2OC)c1.I. The first-order chi connectivity index (χ1) is 13.6. The molecule has 6 nitrogen and oxygen atoms in total. The molecule has 0 aromatic heterocycles. The third-order valence-corrected chi connectivity index (χ3v) is 4.33. The number of benzene rings is 2. The zero-order valence-corrected chi connectivity index (χ0v) is 19.9. The number of carbonyl (C=O) groups is 1. The molecule has 3 N–H and O–H groups in total. The molecule has 29 heavy (non-hydrogen) atoms. The number of hydrogen-bond donors (Lipinski definition) is 3. The summed E-state index contributed by atoms with van der Waals surface area (Å²) in [4.78, 5) is 16.2. The molecule has 0 aliphatic rings. The van der Waals surface area contributed by atoms with E-state index in [0.717, 1.165) is 30.2 Å². The quantitative estimate of drug-likeness (QED) is 0.290. The summed E-state index contributed by atoms with van der Waals surface area (Å²) < 4.78 is 5.43. The van der Waals surface area contributed by atoms with Gasteiger partial charge in [0.1, 0.15) is 5.75 Å². The van der Waals surface area contributed by atoms with Gasteiger partial charge in [-0.15, -0.1) is 24.0 Å². The van der Waals surface area contributed by atoms with Crippen LogP contribution in [0.2, 0.25) is 0 Å². The van der Waals surface area contributed by atoms with Gasteiger partial charge < -0.3 is 20.7 Å². The Morgan fingerprint density at radius 3 is 2.59 bits per heavy atom. The molecule has 0 heterocycles. The zero-order valence-electron chi connectivity index (χ0n) is 17.5. The lowest BCUT2D eigenvalue weighted by Gasteiger charge is -2.14. The molecular weight excluding hydrogens is 479 g/mol. The largest absolute Gasteiger partial charge is 0.496 e. The summed E-state index contributed by atoms with van der Waals surface area (Å²) >= 11 is 0. The van der Waals surface area contributed by atoms with Gasteiger partial charge in [-0.1, -0.05) is 29.8 Å². The third kappa shape index (κ3) is 7.92. The summed E-state index contributed by atoms with van der Waals surface area (Å²) in [5.41, 5.74) is 4.06. The van der Waals surface area contributed by atoms with Gasteiger partial charge in [0.15, 0.2) is 5.96 Å². The predicted octanol–water partition coefficient (Wildman–Crippen LogP) is 3.28. The second kappa shape index (κ2) is 13.0. The van der Waals surface area contributed by atoms with Gasteiger partial charge in [0.25, 0.3) is 5.91 Å². The van der Waals surface area contributed by atoms with Crippen LogP contribution in [-0.2, 0) is 13.0 Å².